The number of anilines is 1. The van der Waals surface area contributed by atoms with Crippen LogP contribution in [0.2, 0.25) is 0 Å². The lowest BCUT2D eigenvalue weighted by atomic mass is 10.0. The Kier molecular flexibility index (Phi) is 3.92. The number of amides is 1. The van der Waals surface area contributed by atoms with Crippen molar-refractivity contribution in [3.63, 3.8) is 0 Å². The molecule has 0 spiro atoms. The molecule has 1 saturated heterocycles. The number of likely N-dealkylation sites (tertiary alicyclic amines) is 1. The molecule has 1 aliphatic carbocycles. The van der Waals surface area contributed by atoms with Gasteiger partial charge in [0, 0.05) is 31.4 Å². The van der Waals surface area contributed by atoms with E-state index in [1.807, 2.05) is 11.0 Å². The summed E-state index contributed by atoms with van der Waals surface area (Å²) in [6.07, 6.45) is 9.28. The van der Waals surface area contributed by atoms with E-state index in [4.69, 9.17) is 4.52 Å². The van der Waals surface area contributed by atoms with Crippen molar-refractivity contribution in [1.29, 1.82) is 0 Å². The molecule has 1 amide bonds. The molecule has 2 aromatic heterocycles. The van der Waals surface area contributed by atoms with Crippen LogP contribution in [0.25, 0.3) is 0 Å². The number of hydrogen-bond donors (Lipinski definition) is 0. The summed E-state index contributed by atoms with van der Waals surface area (Å²) in [5.74, 6) is 1.61. The zero-order valence-corrected chi connectivity index (χ0v) is 13.8. The first kappa shape index (κ1) is 15.1. The molecule has 1 saturated carbocycles. The van der Waals surface area contributed by atoms with E-state index in [0.717, 1.165) is 31.7 Å². The molecule has 1 aliphatic heterocycles. The van der Waals surface area contributed by atoms with Crippen molar-refractivity contribution in [3.8, 4) is 0 Å². The lowest BCUT2D eigenvalue weighted by Crippen LogP contribution is -2.48. The van der Waals surface area contributed by atoms with Gasteiger partial charge in [-0.1, -0.05) is 5.16 Å². The van der Waals surface area contributed by atoms with Crippen LogP contribution in [-0.2, 0) is 0 Å². The first-order valence-electron chi connectivity index (χ1n) is 8.49. The second-order valence-electron chi connectivity index (χ2n) is 6.53. The lowest BCUT2D eigenvalue weighted by Gasteiger charge is -2.39. The van der Waals surface area contributed by atoms with Crippen LogP contribution in [0.1, 0.15) is 41.8 Å². The number of nitrogens with zero attached hydrogens (tertiary/aromatic N) is 5. The normalized spacial score (nSPS) is 18.6. The topological polar surface area (TPSA) is 75.4 Å². The van der Waals surface area contributed by atoms with E-state index < -0.39 is 0 Å². The number of aryl methyl sites for hydroxylation is 1. The number of piperidine rings is 1. The summed E-state index contributed by atoms with van der Waals surface area (Å²) in [6.45, 7) is 3.28. The zero-order chi connectivity index (χ0) is 16.5. The fourth-order valence-corrected chi connectivity index (χ4v) is 3.48. The molecule has 2 aliphatic rings. The predicted molar refractivity (Wildman–Crippen MR) is 87.7 cm³/mol. The van der Waals surface area contributed by atoms with E-state index in [-0.39, 0.29) is 5.91 Å². The molecule has 0 aromatic carbocycles. The molecule has 0 N–H and O–H groups in total. The number of carbonyl (C=O) groups excluding carboxylic acids is 1. The van der Waals surface area contributed by atoms with Gasteiger partial charge < -0.3 is 14.3 Å². The summed E-state index contributed by atoms with van der Waals surface area (Å²) in [6, 6.07) is 3.00. The van der Waals surface area contributed by atoms with E-state index >= 15 is 0 Å². The Bertz CT molecular complexity index is 705. The quantitative estimate of drug-likeness (QED) is 0.855. The number of aromatic nitrogens is 3. The smallest absolute Gasteiger partial charge is 0.259 e. The fraction of sp³-hybridized carbons (Fsp3) is 0.529. The summed E-state index contributed by atoms with van der Waals surface area (Å²) in [4.78, 5) is 25.4. The molecular weight excluding hydrogens is 306 g/mol. The molecule has 7 nitrogen and oxygen atoms in total. The van der Waals surface area contributed by atoms with Gasteiger partial charge in [-0.15, -0.1) is 0 Å². The Morgan fingerprint density at radius 1 is 1.25 bits per heavy atom. The van der Waals surface area contributed by atoms with Gasteiger partial charge in [0.1, 0.15) is 23.5 Å². The molecule has 0 bridgehead atoms. The second-order valence-corrected chi connectivity index (χ2v) is 6.53. The third kappa shape index (κ3) is 2.86. The number of carbonyl (C=O) groups is 1. The van der Waals surface area contributed by atoms with Crippen LogP contribution in [-0.4, -0.2) is 51.1 Å². The van der Waals surface area contributed by atoms with Gasteiger partial charge in [0.2, 0.25) is 0 Å². The summed E-state index contributed by atoms with van der Waals surface area (Å²) in [7, 11) is 0. The molecule has 4 rings (SSSR count). The molecule has 24 heavy (non-hydrogen) atoms. The van der Waals surface area contributed by atoms with Crippen LogP contribution in [0.5, 0.6) is 0 Å². The minimum Gasteiger partial charge on any atom is -0.361 e. The molecule has 3 heterocycles. The number of hydrogen-bond acceptors (Lipinski definition) is 6. The Morgan fingerprint density at radius 2 is 2.00 bits per heavy atom. The van der Waals surface area contributed by atoms with Gasteiger partial charge in [0.05, 0.1) is 6.20 Å². The maximum atomic E-state index is 12.6. The van der Waals surface area contributed by atoms with Crippen molar-refractivity contribution in [2.75, 3.05) is 18.0 Å². The van der Waals surface area contributed by atoms with Gasteiger partial charge in [-0.2, -0.15) is 0 Å². The highest BCUT2D eigenvalue weighted by atomic mass is 16.5. The van der Waals surface area contributed by atoms with E-state index in [1.165, 1.54) is 19.0 Å². The van der Waals surface area contributed by atoms with E-state index in [0.29, 0.717) is 23.4 Å². The minimum atomic E-state index is 0.0206. The molecule has 0 unspecified atom stereocenters. The Hall–Kier alpha value is -2.44. The molecule has 126 valence electrons. The Labute approximate surface area is 140 Å². The van der Waals surface area contributed by atoms with Crippen molar-refractivity contribution in [1.82, 2.24) is 20.0 Å². The highest BCUT2D eigenvalue weighted by Gasteiger charge is 2.37. The highest BCUT2D eigenvalue weighted by molar-refractivity contribution is 5.94. The first-order valence-corrected chi connectivity index (χ1v) is 8.49. The van der Waals surface area contributed by atoms with Crippen molar-refractivity contribution in [3.05, 3.63) is 36.1 Å². The lowest BCUT2D eigenvalue weighted by molar-refractivity contribution is 0.0710. The van der Waals surface area contributed by atoms with Gasteiger partial charge in [0.15, 0.2) is 0 Å². The fourth-order valence-electron chi connectivity index (χ4n) is 3.48. The molecule has 2 aromatic rings. The average Bonchev–Trinajstić information content (AvgIpc) is 3.36. The summed E-state index contributed by atoms with van der Waals surface area (Å²) < 4.78 is 5.01. The van der Waals surface area contributed by atoms with Gasteiger partial charge in [-0.3, -0.25) is 4.79 Å². The summed E-state index contributed by atoms with van der Waals surface area (Å²) in [5, 5.41) is 3.71. The molecule has 0 radical (unpaired) electrons. The van der Waals surface area contributed by atoms with E-state index in [1.54, 1.807) is 19.4 Å². The number of rotatable bonds is 4. The van der Waals surface area contributed by atoms with Crippen LogP contribution in [0.4, 0.5) is 5.82 Å². The SMILES string of the molecule is Cc1oncc1C(=O)N1CCC(N(c2ccncn2)C2CC2)CC1. The first-order chi connectivity index (χ1) is 11.7. The third-order valence-corrected chi connectivity index (χ3v) is 4.90. The maximum Gasteiger partial charge on any atom is 0.259 e. The molecule has 0 atom stereocenters. The standard InChI is InChI=1S/C17H21N5O2/c1-12-15(10-20-24-12)17(23)21-8-5-14(6-9-21)22(13-2-3-13)16-4-7-18-11-19-16/h4,7,10-11,13-14H,2-3,5-6,8-9H2,1H3. The molecule has 7 heteroatoms. The summed E-state index contributed by atoms with van der Waals surface area (Å²) in [5.41, 5.74) is 0.572. The van der Waals surface area contributed by atoms with Gasteiger partial charge in [0.25, 0.3) is 5.91 Å². The van der Waals surface area contributed by atoms with Crippen molar-refractivity contribution in [2.45, 2.75) is 44.7 Å². The van der Waals surface area contributed by atoms with Gasteiger partial charge in [-0.25, -0.2) is 9.97 Å². The largest absolute Gasteiger partial charge is 0.361 e. The van der Waals surface area contributed by atoms with Crippen molar-refractivity contribution < 1.29 is 9.32 Å². The van der Waals surface area contributed by atoms with Crippen LogP contribution in [0.3, 0.4) is 0 Å². The van der Waals surface area contributed by atoms with E-state index in [9.17, 15) is 4.79 Å². The van der Waals surface area contributed by atoms with Crippen LogP contribution < -0.4 is 4.90 Å². The van der Waals surface area contributed by atoms with Gasteiger partial charge in [-0.05, 0) is 38.7 Å². The second kappa shape index (κ2) is 6.22. The average molecular weight is 327 g/mol. The maximum absolute atomic E-state index is 12.6. The minimum absolute atomic E-state index is 0.0206. The van der Waals surface area contributed by atoms with Crippen molar-refractivity contribution in [2.24, 2.45) is 0 Å². The molecule has 2 fully saturated rings. The molecular formula is C17H21N5O2. The summed E-state index contributed by atoms with van der Waals surface area (Å²) >= 11 is 0. The monoisotopic (exact) mass is 327 g/mol. The predicted octanol–water partition coefficient (Wildman–Crippen LogP) is 2.05. The van der Waals surface area contributed by atoms with Crippen LogP contribution in [0.15, 0.2) is 29.3 Å². The van der Waals surface area contributed by atoms with E-state index in [2.05, 4.69) is 20.0 Å². The van der Waals surface area contributed by atoms with Gasteiger partial charge >= 0.3 is 0 Å². The zero-order valence-electron chi connectivity index (χ0n) is 13.8. The van der Waals surface area contributed by atoms with Crippen molar-refractivity contribution >= 4 is 11.7 Å². The highest BCUT2D eigenvalue weighted by Crippen LogP contribution is 2.35. The Balaban J connectivity index is 1.44. The van der Waals surface area contributed by atoms with Crippen LogP contribution >= 0.6 is 0 Å². The Morgan fingerprint density at radius 3 is 2.58 bits per heavy atom. The third-order valence-electron chi connectivity index (χ3n) is 4.90. The van der Waals surface area contributed by atoms with Crippen LogP contribution in [0, 0.1) is 6.92 Å².